The number of benzene rings is 2. The molecule has 3 heteroatoms. The molecule has 0 spiro atoms. The van der Waals surface area contributed by atoms with Gasteiger partial charge in [-0.25, -0.2) is 0 Å². The van der Waals surface area contributed by atoms with E-state index in [1.54, 1.807) is 0 Å². The molecule has 0 saturated carbocycles. The van der Waals surface area contributed by atoms with E-state index in [0.717, 1.165) is 23.1 Å². The molecule has 2 rings (SSSR count). The fraction of sp³-hybridized carbons (Fsp3) is 0.111. The largest absolute Gasteiger partial charge is 0.326 e. The highest BCUT2D eigenvalue weighted by Crippen LogP contribution is 2.15. The SMILES string of the molecule is CC(=O)Nc1ccc(C/C=C(/C=O)c2ccccc2)cc1. The summed E-state index contributed by atoms with van der Waals surface area (Å²) in [5.74, 6) is -0.0880. The Kier molecular flexibility index (Phi) is 5.04. The lowest BCUT2D eigenvalue weighted by Gasteiger charge is -2.04. The fourth-order valence-corrected chi connectivity index (χ4v) is 2.02. The van der Waals surface area contributed by atoms with Gasteiger partial charge in [0, 0.05) is 18.2 Å². The van der Waals surface area contributed by atoms with Gasteiger partial charge in [-0.1, -0.05) is 48.5 Å². The molecular weight excluding hydrogens is 262 g/mol. The van der Waals surface area contributed by atoms with Crippen LogP contribution in [0.1, 0.15) is 18.1 Å². The van der Waals surface area contributed by atoms with Gasteiger partial charge in [0.2, 0.25) is 5.91 Å². The van der Waals surface area contributed by atoms with Gasteiger partial charge in [0.1, 0.15) is 6.29 Å². The van der Waals surface area contributed by atoms with E-state index in [9.17, 15) is 9.59 Å². The van der Waals surface area contributed by atoms with Crippen molar-refractivity contribution in [3.63, 3.8) is 0 Å². The van der Waals surface area contributed by atoms with Crippen LogP contribution in [0.15, 0.2) is 60.7 Å². The van der Waals surface area contributed by atoms with Gasteiger partial charge in [-0.2, -0.15) is 0 Å². The maximum absolute atomic E-state index is 11.2. The summed E-state index contributed by atoms with van der Waals surface area (Å²) in [6, 6.07) is 17.2. The zero-order valence-corrected chi connectivity index (χ0v) is 11.9. The Bertz CT molecular complexity index is 643. The van der Waals surface area contributed by atoms with Crippen molar-refractivity contribution in [1.82, 2.24) is 0 Å². The van der Waals surface area contributed by atoms with Crippen LogP contribution in [-0.2, 0) is 16.0 Å². The number of hydrogen-bond acceptors (Lipinski definition) is 2. The molecule has 0 heterocycles. The Balaban J connectivity index is 2.08. The number of hydrogen-bond donors (Lipinski definition) is 1. The number of amides is 1. The maximum atomic E-state index is 11.2. The van der Waals surface area contributed by atoms with E-state index < -0.39 is 0 Å². The molecule has 0 aliphatic carbocycles. The number of aldehydes is 1. The summed E-state index contributed by atoms with van der Waals surface area (Å²) < 4.78 is 0. The molecule has 2 aromatic rings. The van der Waals surface area contributed by atoms with Crippen LogP contribution < -0.4 is 5.32 Å². The summed E-state index contributed by atoms with van der Waals surface area (Å²) >= 11 is 0. The molecule has 3 nitrogen and oxygen atoms in total. The molecule has 0 aromatic heterocycles. The van der Waals surface area contributed by atoms with Gasteiger partial charge in [0.15, 0.2) is 0 Å². The molecule has 0 unspecified atom stereocenters. The molecule has 0 aliphatic rings. The number of carbonyl (C=O) groups excluding carboxylic acids is 2. The zero-order chi connectivity index (χ0) is 15.1. The topological polar surface area (TPSA) is 46.2 Å². The van der Waals surface area contributed by atoms with E-state index in [1.807, 2.05) is 60.7 Å². The normalized spacial score (nSPS) is 11.0. The number of carbonyl (C=O) groups is 2. The third kappa shape index (κ3) is 4.42. The van der Waals surface area contributed by atoms with Crippen molar-refractivity contribution < 1.29 is 9.59 Å². The number of allylic oxidation sites excluding steroid dienone is 2. The summed E-state index contributed by atoms with van der Waals surface area (Å²) in [7, 11) is 0. The molecule has 0 radical (unpaired) electrons. The molecule has 1 amide bonds. The fourth-order valence-electron chi connectivity index (χ4n) is 2.02. The van der Waals surface area contributed by atoms with Crippen LogP contribution >= 0.6 is 0 Å². The third-order valence-electron chi connectivity index (χ3n) is 3.07. The summed E-state index contributed by atoms with van der Waals surface area (Å²) in [5, 5.41) is 2.72. The monoisotopic (exact) mass is 279 g/mol. The van der Waals surface area contributed by atoms with Gasteiger partial charge in [0.25, 0.3) is 0 Å². The van der Waals surface area contributed by atoms with Gasteiger partial charge in [-0.15, -0.1) is 0 Å². The molecule has 0 fully saturated rings. The highest BCUT2D eigenvalue weighted by atomic mass is 16.1. The van der Waals surface area contributed by atoms with E-state index in [0.29, 0.717) is 12.0 Å². The molecule has 0 aliphatic heterocycles. The zero-order valence-electron chi connectivity index (χ0n) is 11.9. The number of anilines is 1. The quantitative estimate of drug-likeness (QED) is 0.673. The highest BCUT2D eigenvalue weighted by Gasteiger charge is 2.00. The Morgan fingerprint density at radius 3 is 2.29 bits per heavy atom. The second-order valence-corrected chi connectivity index (χ2v) is 4.73. The first kappa shape index (κ1) is 14.7. The number of nitrogens with one attached hydrogen (secondary N) is 1. The lowest BCUT2D eigenvalue weighted by atomic mass is 10.0. The summed E-state index contributed by atoms with van der Waals surface area (Å²) in [6.07, 6.45) is 3.46. The Morgan fingerprint density at radius 1 is 1.05 bits per heavy atom. The lowest BCUT2D eigenvalue weighted by molar-refractivity contribution is -0.114. The summed E-state index contributed by atoms with van der Waals surface area (Å²) in [6.45, 7) is 1.48. The van der Waals surface area contributed by atoms with Crippen LogP contribution in [-0.4, -0.2) is 12.2 Å². The van der Waals surface area contributed by atoms with Crippen molar-refractivity contribution in [3.8, 4) is 0 Å². The molecule has 21 heavy (non-hydrogen) atoms. The van der Waals surface area contributed by atoms with Gasteiger partial charge in [-0.05, 0) is 29.7 Å². The van der Waals surface area contributed by atoms with E-state index in [4.69, 9.17) is 0 Å². The highest BCUT2D eigenvalue weighted by molar-refractivity contribution is 6.06. The average molecular weight is 279 g/mol. The predicted octanol–water partition coefficient (Wildman–Crippen LogP) is 3.47. The molecule has 0 bridgehead atoms. The van der Waals surface area contributed by atoms with Crippen molar-refractivity contribution >= 4 is 23.5 Å². The molecular formula is C18H17NO2. The van der Waals surface area contributed by atoms with Crippen LogP contribution in [0.4, 0.5) is 5.69 Å². The van der Waals surface area contributed by atoms with Crippen molar-refractivity contribution in [2.75, 3.05) is 5.32 Å². The first-order valence-corrected chi connectivity index (χ1v) is 6.76. The molecule has 106 valence electrons. The minimum atomic E-state index is -0.0880. The molecule has 1 N–H and O–H groups in total. The minimum Gasteiger partial charge on any atom is -0.326 e. The maximum Gasteiger partial charge on any atom is 0.221 e. The van der Waals surface area contributed by atoms with Crippen LogP contribution in [0.3, 0.4) is 0 Å². The lowest BCUT2D eigenvalue weighted by Crippen LogP contribution is -2.05. The third-order valence-corrected chi connectivity index (χ3v) is 3.07. The van der Waals surface area contributed by atoms with Gasteiger partial charge < -0.3 is 5.32 Å². The van der Waals surface area contributed by atoms with E-state index in [1.165, 1.54) is 6.92 Å². The minimum absolute atomic E-state index is 0.0880. The Labute approximate surface area is 124 Å². The van der Waals surface area contributed by atoms with Crippen molar-refractivity contribution in [3.05, 3.63) is 71.8 Å². The second-order valence-electron chi connectivity index (χ2n) is 4.73. The summed E-state index contributed by atoms with van der Waals surface area (Å²) in [4.78, 5) is 22.1. The first-order chi connectivity index (χ1) is 10.2. The molecule has 0 saturated heterocycles. The van der Waals surface area contributed by atoms with Crippen LogP contribution in [0.25, 0.3) is 5.57 Å². The van der Waals surface area contributed by atoms with Crippen molar-refractivity contribution in [2.24, 2.45) is 0 Å². The van der Waals surface area contributed by atoms with E-state index in [-0.39, 0.29) is 5.91 Å². The van der Waals surface area contributed by atoms with E-state index >= 15 is 0 Å². The second kappa shape index (κ2) is 7.20. The number of rotatable bonds is 5. The molecule has 2 aromatic carbocycles. The summed E-state index contributed by atoms with van der Waals surface area (Å²) in [5.41, 5.74) is 3.46. The molecule has 0 atom stereocenters. The standard InChI is InChI=1S/C18H17NO2/c1-14(21)19-18-11-8-15(9-12-18)7-10-17(13-20)16-5-3-2-4-6-16/h2-6,8-13H,7H2,1H3,(H,19,21)/b17-10-. The first-order valence-electron chi connectivity index (χ1n) is 6.76. The van der Waals surface area contributed by atoms with Crippen LogP contribution in [0, 0.1) is 0 Å². The Morgan fingerprint density at radius 2 is 1.71 bits per heavy atom. The van der Waals surface area contributed by atoms with Gasteiger partial charge in [-0.3, -0.25) is 9.59 Å². The van der Waals surface area contributed by atoms with Gasteiger partial charge >= 0.3 is 0 Å². The van der Waals surface area contributed by atoms with E-state index in [2.05, 4.69) is 5.32 Å². The van der Waals surface area contributed by atoms with Gasteiger partial charge in [0.05, 0.1) is 0 Å². The van der Waals surface area contributed by atoms with Crippen molar-refractivity contribution in [1.29, 1.82) is 0 Å². The smallest absolute Gasteiger partial charge is 0.221 e. The Hall–Kier alpha value is -2.68. The average Bonchev–Trinajstić information content (AvgIpc) is 2.50. The van der Waals surface area contributed by atoms with Crippen LogP contribution in [0.5, 0.6) is 0 Å². The predicted molar refractivity (Wildman–Crippen MR) is 84.9 cm³/mol. The van der Waals surface area contributed by atoms with Crippen molar-refractivity contribution in [2.45, 2.75) is 13.3 Å². The van der Waals surface area contributed by atoms with Crippen LogP contribution in [0.2, 0.25) is 0 Å².